The van der Waals surface area contributed by atoms with Crippen LogP contribution in [-0.4, -0.2) is 48.0 Å². The largest absolute Gasteiger partial charge is 0.414 e. The van der Waals surface area contributed by atoms with E-state index in [9.17, 15) is 19.1 Å². The number of aromatic nitrogens is 2. The zero-order valence-corrected chi connectivity index (χ0v) is 15.6. The van der Waals surface area contributed by atoms with Crippen molar-refractivity contribution in [2.75, 3.05) is 6.61 Å². The molecule has 4 atom stereocenters. The number of halogens is 1. The van der Waals surface area contributed by atoms with E-state index in [-0.39, 0.29) is 11.6 Å². The van der Waals surface area contributed by atoms with E-state index in [1.165, 1.54) is 0 Å². The summed E-state index contributed by atoms with van der Waals surface area (Å²) < 4.78 is 26.8. The molecular formula is C15H25FN2O5Si. The number of aliphatic hydroxyl groups excluding tert-OH is 1. The van der Waals surface area contributed by atoms with Gasteiger partial charge in [0.05, 0.1) is 6.61 Å². The third-order valence-electron chi connectivity index (χ3n) is 4.83. The first kappa shape index (κ1) is 19.0. The number of hydrogen-bond donors (Lipinski definition) is 2. The summed E-state index contributed by atoms with van der Waals surface area (Å²) in [7, 11) is -2.07. The van der Waals surface area contributed by atoms with Crippen LogP contribution >= 0.6 is 0 Å². The van der Waals surface area contributed by atoms with Gasteiger partial charge in [-0.05, 0) is 18.1 Å². The number of alkyl halides is 1. The van der Waals surface area contributed by atoms with Crippen LogP contribution in [0.3, 0.4) is 0 Å². The van der Waals surface area contributed by atoms with Crippen LogP contribution in [0.25, 0.3) is 0 Å². The Labute approximate surface area is 140 Å². The lowest BCUT2D eigenvalue weighted by atomic mass is 10.1. The van der Waals surface area contributed by atoms with E-state index in [0.717, 1.165) is 16.8 Å². The van der Waals surface area contributed by atoms with Crippen molar-refractivity contribution in [3.8, 4) is 0 Å². The fraction of sp³-hybridized carbons (Fsp3) is 0.733. The summed E-state index contributed by atoms with van der Waals surface area (Å²) >= 11 is 0. The van der Waals surface area contributed by atoms with E-state index in [1.54, 1.807) is 0 Å². The van der Waals surface area contributed by atoms with Crippen molar-refractivity contribution in [2.24, 2.45) is 0 Å². The van der Waals surface area contributed by atoms with Crippen molar-refractivity contribution < 1.29 is 18.7 Å². The Morgan fingerprint density at radius 1 is 1.42 bits per heavy atom. The van der Waals surface area contributed by atoms with E-state index in [0.29, 0.717) is 0 Å². The summed E-state index contributed by atoms with van der Waals surface area (Å²) in [6.07, 6.45) is -4.21. The summed E-state index contributed by atoms with van der Waals surface area (Å²) in [5, 5.41) is 10.1. The molecule has 2 rings (SSSR count). The van der Waals surface area contributed by atoms with Gasteiger partial charge < -0.3 is 14.3 Å². The smallest absolute Gasteiger partial charge is 0.330 e. The van der Waals surface area contributed by atoms with E-state index in [4.69, 9.17) is 9.16 Å². The topological polar surface area (TPSA) is 93.5 Å². The predicted molar refractivity (Wildman–Crippen MR) is 89.3 cm³/mol. The van der Waals surface area contributed by atoms with Crippen LogP contribution in [0.4, 0.5) is 4.39 Å². The van der Waals surface area contributed by atoms with Gasteiger partial charge in [-0.25, -0.2) is 9.18 Å². The monoisotopic (exact) mass is 360 g/mol. The van der Waals surface area contributed by atoms with Gasteiger partial charge in [0.15, 0.2) is 20.7 Å². The minimum absolute atomic E-state index is 0.0269. The molecule has 1 saturated heterocycles. The molecule has 0 bridgehead atoms. The van der Waals surface area contributed by atoms with Gasteiger partial charge >= 0.3 is 5.69 Å². The van der Waals surface area contributed by atoms with Crippen molar-refractivity contribution in [1.82, 2.24) is 9.55 Å². The highest BCUT2D eigenvalue weighted by Gasteiger charge is 2.47. The number of hydrogen-bond acceptors (Lipinski definition) is 5. The normalized spacial score (nSPS) is 28.3. The van der Waals surface area contributed by atoms with Gasteiger partial charge in [-0.15, -0.1) is 0 Å². The Hall–Kier alpha value is -1.29. The van der Waals surface area contributed by atoms with E-state index < -0.39 is 44.2 Å². The molecular weight excluding hydrogens is 335 g/mol. The van der Waals surface area contributed by atoms with E-state index >= 15 is 0 Å². The Morgan fingerprint density at radius 3 is 2.58 bits per heavy atom. The Bertz CT molecular complexity index is 696. The van der Waals surface area contributed by atoms with Crippen molar-refractivity contribution in [3.05, 3.63) is 33.1 Å². The average molecular weight is 360 g/mol. The highest BCUT2D eigenvalue weighted by Crippen LogP contribution is 2.38. The third kappa shape index (κ3) is 3.69. The molecule has 1 aliphatic heterocycles. The molecule has 0 spiro atoms. The zero-order valence-electron chi connectivity index (χ0n) is 14.6. The summed E-state index contributed by atoms with van der Waals surface area (Å²) in [5.41, 5.74) is -1.36. The molecule has 1 aromatic heterocycles. The minimum Gasteiger partial charge on any atom is -0.414 e. The SMILES string of the molecule is CC(C)(C)[Si](C)(C)OC[C@H]1O[C@@H](n2ccc(=O)[nH]c2=O)[C@@H](F)[C@@H]1O. The molecule has 24 heavy (non-hydrogen) atoms. The Morgan fingerprint density at radius 2 is 2.04 bits per heavy atom. The Balaban J connectivity index is 2.13. The van der Waals surface area contributed by atoms with Crippen molar-refractivity contribution in [1.29, 1.82) is 0 Å². The summed E-state index contributed by atoms with van der Waals surface area (Å²) in [5.74, 6) is 0. The minimum atomic E-state index is -2.07. The van der Waals surface area contributed by atoms with Gasteiger partial charge in [0, 0.05) is 12.3 Å². The average Bonchev–Trinajstić information content (AvgIpc) is 2.72. The van der Waals surface area contributed by atoms with Gasteiger partial charge in [0.25, 0.3) is 5.56 Å². The van der Waals surface area contributed by atoms with Crippen molar-refractivity contribution >= 4 is 8.32 Å². The highest BCUT2D eigenvalue weighted by atomic mass is 28.4. The number of rotatable bonds is 4. The molecule has 1 aromatic rings. The molecule has 2 N–H and O–H groups in total. The predicted octanol–water partition coefficient (Wildman–Crippen LogP) is 1.15. The standard InChI is InChI=1S/C15H25FN2O5Si/c1-15(2,3)24(4,5)22-8-9-12(20)11(16)13(23-9)18-7-6-10(19)17-14(18)21/h6-7,9,11-13,20H,8H2,1-5H3,(H,17,19,21)/t9-,11+,12-,13-/m1/s1. The van der Waals surface area contributed by atoms with Crippen LogP contribution in [0.15, 0.2) is 21.9 Å². The van der Waals surface area contributed by atoms with Crippen LogP contribution in [0.2, 0.25) is 18.1 Å². The molecule has 1 aliphatic rings. The number of H-pyrrole nitrogens is 1. The second-order valence-electron chi connectivity index (χ2n) is 7.59. The second kappa shape index (κ2) is 6.55. The number of ether oxygens (including phenoxy) is 1. The lowest BCUT2D eigenvalue weighted by Gasteiger charge is -2.37. The van der Waals surface area contributed by atoms with Gasteiger partial charge in [-0.1, -0.05) is 20.8 Å². The third-order valence-corrected chi connectivity index (χ3v) is 9.33. The molecule has 0 saturated carbocycles. The van der Waals surface area contributed by atoms with Gasteiger partial charge in [0.2, 0.25) is 0 Å². The van der Waals surface area contributed by atoms with Crippen LogP contribution in [0.5, 0.6) is 0 Å². The summed E-state index contributed by atoms with van der Waals surface area (Å²) in [4.78, 5) is 24.9. The van der Waals surface area contributed by atoms with Gasteiger partial charge in [-0.2, -0.15) is 0 Å². The molecule has 7 nitrogen and oxygen atoms in total. The number of aliphatic hydroxyl groups is 1. The van der Waals surface area contributed by atoms with Crippen molar-refractivity contribution in [2.45, 2.75) is 63.5 Å². The summed E-state index contributed by atoms with van der Waals surface area (Å²) in [6.45, 7) is 10.4. The number of nitrogens with zero attached hydrogens (tertiary/aromatic N) is 1. The molecule has 1 fully saturated rings. The maximum Gasteiger partial charge on any atom is 0.330 e. The molecule has 0 amide bonds. The molecule has 2 heterocycles. The fourth-order valence-electron chi connectivity index (χ4n) is 2.20. The van der Waals surface area contributed by atoms with Gasteiger partial charge in [-0.3, -0.25) is 14.3 Å². The first-order chi connectivity index (χ1) is 10.9. The molecule has 0 aliphatic carbocycles. The van der Waals surface area contributed by atoms with E-state index in [2.05, 4.69) is 20.8 Å². The highest BCUT2D eigenvalue weighted by molar-refractivity contribution is 6.74. The quantitative estimate of drug-likeness (QED) is 0.786. The van der Waals surface area contributed by atoms with Crippen LogP contribution in [0.1, 0.15) is 27.0 Å². The van der Waals surface area contributed by atoms with Crippen molar-refractivity contribution in [3.63, 3.8) is 0 Å². The molecule has 0 radical (unpaired) electrons. The van der Waals surface area contributed by atoms with Crippen LogP contribution < -0.4 is 11.2 Å². The maximum atomic E-state index is 14.4. The fourth-order valence-corrected chi connectivity index (χ4v) is 3.21. The summed E-state index contributed by atoms with van der Waals surface area (Å²) in [6, 6.07) is 1.10. The Kier molecular flexibility index (Phi) is 5.19. The lowest BCUT2D eigenvalue weighted by molar-refractivity contribution is -0.0467. The van der Waals surface area contributed by atoms with Crippen LogP contribution in [-0.2, 0) is 9.16 Å². The number of nitrogens with one attached hydrogen (secondary N) is 1. The van der Waals surface area contributed by atoms with Gasteiger partial charge in [0.1, 0.15) is 12.2 Å². The lowest BCUT2D eigenvalue weighted by Crippen LogP contribution is -2.44. The first-order valence-electron chi connectivity index (χ1n) is 7.87. The second-order valence-corrected chi connectivity index (χ2v) is 12.4. The zero-order chi connectivity index (χ0) is 18.3. The van der Waals surface area contributed by atoms with E-state index in [1.807, 2.05) is 18.1 Å². The number of aromatic amines is 1. The molecule has 9 heteroatoms. The molecule has 0 aromatic carbocycles. The molecule has 0 unspecified atom stereocenters. The molecule has 136 valence electrons. The first-order valence-corrected chi connectivity index (χ1v) is 10.8. The maximum absolute atomic E-state index is 14.4. The van der Waals surface area contributed by atoms with Crippen LogP contribution in [0, 0.1) is 0 Å².